The van der Waals surface area contributed by atoms with Crippen LogP contribution in [-0.4, -0.2) is 21.7 Å². The molecule has 1 saturated heterocycles. The standard InChI is InChI=1S/C24H20FN3O3/c1-14-26-21-11-6-16(13-22(21)28(14)20-9-7-18(25)8-10-20)23(29)27-19-5-3-4-17(12-19)24-30-15(2)31-24/h3-13,15,24H,1-2H3,(H,27,29). The Balaban J connectivity index is 1.44. The van der Waals surface area contributed by atoms with Crippen LogP contribution in [0.5, 0.6) is 0 Å². The van der Waals surface area contributed by atoms with Crippen molar-refractivity contribution in [1.29, 1.82) is 0 Å². The molecule has 0 saturated carbocycles. The summed E-state index contributed by atoms with van der Waals surface area (Å²) in [5, 5.41) is 2.92. The van der Waals surface area contributed by atoms with Crippen LogP contribution in [-0.2, 0) is 9.47 Å². The van der Waals surface area contributed by atoms with E-state index >= 15 is 0 Å². The molecule has 1 aliphatic rings. The Morgan fingerprint density at radius 1 is 1.06 bits per heavy atom. The highest BCUT2D eigenvalue weighted by molar-refractivity contribution is 6.06. The smallest absolute Gasteiger partial charge is 0.255 e. The van der Waals surface area contributed by atoms with Crippen molar-refractivity contribution in [2.75, 3.05) is 5.32 Å². The Labute approximate surface area is 178 Å². The topological polar surface area (TPSA) is 65.4 Å². The lowest BCUT2D eigenvalue weighted by atomic mass is 10.1. The summed E-state index contributed by atoms with van der Waals surface area (Å²) in [7, 11) is 0. The predicted octanol–water partition coefficient (Wildman–Crippen LogP) is 5.12. The predicted molar refractivity (Wildman–Crippen MR) is 115 cm³/mol. The van der Waals surface area contributed by atoms with Crippen molar-refractivity contribution in [2.24, 2.45) is 0 Å². The van der Waals surface area contributed by atoms with Crippen LogP contribution in [0, 0.1) is 12.7 Å². The van der Waals surface area contributed by atoms with E-state index < -0.39 is 6.29 Å². The molecule has 156 valence electrons. The SMILES string of the molecule is Cc1nc2ccc(C(=O)Nc3cccc(C4OC(C)O4)c3)cc2n1-c1ccc(F)cc1. The number of benzene rings is 3. The summed E-state index contributed by atoms with van der Waals surface area (Å²) in [5.41, 5.74) is 4.30. The van der Waals surface area contributed by atoms with Gasteiger partial charge in [-0.25, -0.2) is 9.37 Å². The molecule has 0 spiro atoms. The van der Waals surface area contributed by atoms with E-state index in [9.17, 15) is 9.18 Å². The monoisotopic (exact) mass is 417 g/mol. The summed E-state index contributed by atoms with van der Waals surface area (Å²) in [6.07, 6.45) is -0.624. The van der Waals surface area contributed by atoms with Gasteiger partial charge in [0, 0.05) is 22.5 Å². The fraction of sp³-hybridized carbons (Fsp3) is 0.167. The molecule has 0 atom stereocenters. The molecule has 31 heavy (non-hydrogen) atoms. The molecule has 2 heterocycles. The number of carbonyl (C=O) groups excluding carboxylic acids is 1. The highest BCUT2D eigenvalue weighted by Crippen LogP contribution is 2.32. The number of rotatable bonds is 4. The fourth-order valence-electron chi connectivity index (χ4n) is 3.73. The number of imidazole rings is 1. The fourth-order valence-corrected chi connectivity index (χ4v) is 3.73. The first-order valence-electron chi connectivity index (χ1n) is 9.95. The first-order valence-corrected chi connectivity index (χ1v) is 9.95. The van der Waals surface area contributed by atoms with Crippen molar-refractivity contribution in [2.45, 2.75) is 26.4 Å². The van der Waals surface area contributed by atoms with Crippen LogP contribution in [0.1, 0.15) is 35.0 Å². The van der Waals surface area contributed by atoms with Gasteiger partial charge in [0.05, 0.1) is 11.0 Å². The molecule has 7 heteroatoms. The van der Waals surface area contributed by atoms with E-state index in [1.165, 1.54) is 12.1 Å². The van der Waals surface area contributed by atoms with E-state index in [-0.39, 0.29) is 18.0 Å². The first-order chi connectivity index (χ1) is 15.0. The van der Waals surface area contributed by atoms with Gasteiger partial charge in [0.25, 0.3) is 5.91 Å². The van der Waals surface area contributed by atoms with E-state index in [0.29, 0.717) is 11.3 Å². The van der Waals surface area contributed by atoms with Crippen LogP contribution in [0.25, 0.3) is 16.7 Å². The molecular formula is C24H20FN3O3. The number of hydrogen-bond donors (Lipinski definition) is 1. The minimum absolute atomic E-state index is 0.218. The summed E-state index contributed by atoms with van der Waals surface area (Å²) in [6, 6.07) is 18.9. The molecule has 1 aromatic heterocycles. The molecule has 0 aliphatic carbocycles. The summed E-state index contributed by atoms with van der Waals surface area (Å²) in [6.45, 7) is 3.71. The lowest BCUT2D eigenvalue weighted by Crippen LogP contribution is -2.31. The number of amides is 1. The van der Waals surface area contributed by atoms with Crippen molar-refractivity contribution < 1.29 is 18.7 Å². The summed E-state index contributed by atoms with van der Waals surface area (Å²) < 4.78 is 26.3. The number of halogens is 1. The van der Waals surface area contributed by atoms with Gasteiger partial charge in [-0.3, -0.25) is 9.36 Å². The molecule has 0 bridgehead atoms. The molecule has 1 aliphatic heterocycles. The zero-order valence-corrected chi connectivity index (χ0v) is 17.0. The van der Waals surface area contributed by atoms with Gasteiger partial charge in [-0.2, -0.15) is 0 Å². The number of fused-ring (bicyclic) bond motifs is 1. The molecule has 6 nitrogen and oxygen atoms in total. The van der Waals surface area contributed by atoms with Crippen LogP contribution >= 0.6 is 0 Å². The highest BCUT2D eigenvalue weighted by atomic mass is 19.1. The average molecular weight is 417 g/mol. The maximum absolute atomic E-state index is 13.4. The molecule has 1 fully saturated rings. The number of carbonyl (C=O) groups is 1. The number of ether oxygens (including phenoxy) is 2. The second-order valence-corrected chi connectivity index (χ2v) is 7.43. The van der Waals surface area contributed by atoms with Crippen molar-refractivity contribution in [3.05, 3.63) is 89.5 Å². The third-order valence-electron chi connectivity index (χ3n) is 5.22. The summed E-state index contributed by atoms with van der Waals surface area (Å²) in [4.78, 5) is 17.5. The van der Waals surface area contributed by atoms with Gasteiger partial charge in [0.15, 0.2) is 12.6 Å². The normalized spacial score (nSPS) is 18.0. The van der Waals surface area contributed by atoms with Crippen molar-refractivity contribution >= 4 is 22.6 Å². The second kappa shape index (κ2) is 7.61. The maximum Gasteiger partial charge on any atom is 0.255 e. The molecule has 5 rings (SSSR count). The zero-order chi connectivity index (χ0) is 21.5. The van der Waals surface area contributed by atoms with Crippen molar-refractivity contribution in [3.63, 3.8) is 0 Å². The number of nitrogens with zero attached hydrogens (tertiary/aromatic N) is 2. The quantitative estimate of drug-likeness (QED) is 0.501. The molecule has 3 aromatic carbocycles. The lowest BCUT2D eigenvalue weighted by molar-refractivity contribution is -0.382. The molecule has 1 N–H and O–H groups in total. The molecular weight excluding hydrogens is 397 g/mol. The Hall–Kier alpha value is -3.55. The number of nitrogens with one attached hydrogen (secondary N) is 1. The number of aryl methyl sites for hydroxylation is 1. The van der Waals surface area contributed by atoms with E-state index in [1.807, 2.05) is 48.7 Å². The Morgan fingerprint density at radius 2 is 1.84 bits per heavy atom. The lowest BCUT2D eigenvalue weighted by Gasteiger charge is -2.34. The Kier molecular flexibility index (Phi) is 4.77. The number of anilines is 1. The van der Waals surface area contributed by atoms with E-state index in [0.717, 1.165) is 28.1 Å². The largest absolute Gasteiger partial charge is 0.322 e. The van der Waals surface area contributed by atoms with Gasteiger partial charge in [0.2, 0.25) is 0 Å². The van der Waals surface area contributed by atoms with Gasteiger partial charge in [-0.15, -0.1) is 0 Å². The zero-order valence-electron chi connectivity index (χ0n) is 17.0. The van der Waals surface area contributed by atoms with Gasteiger partial charge in [-0.1, -0.05) is 12.1 Å². The van der Waals surface area contributed by atoms with Crippen LogP contribution in [0.2, 0.25) is 0 Å². The van der Waals surface area contributed by atoms with Crippen molar-refractivity contribution in [1.82, 2.24) is 9.55 Å². The first kappa shape index (κ1) is 19.4. The van der Waals surface area contributed by atoms with E-state index in [1.54, 1.807) is 24.3 Å². The minimum Gasteiger partial charge on any atom is -0.322 e. The van der Waals surface area contributed by atoms with Gasteiger partial charge in [-0.05, 0) is 68.4 Å². The molecule has 0 radical (unpaired) electrons. The van der Waals surface area contributed by atoms with Gasteiger partial charge >= 0.3 is 0 Å². The van der Waals surface area contributed by atoms with Crippen LogP contribution in [0.3, 0.4) is 0 Å². The van der Waals surface area contributed by atoms with Gasteiger partial charge in [0.1, 0.15) is 11.6 Å². The maximum atomic E-state index is 13.4. The third-order valence-corrected chi connectivity index (χ3v) is 5.22. The Bertz CT molecular complexity index is 1280. The summed E-state index contributed by atoms with van der Waals surface area (Å²) in [5.74, 6) is 0.203. The second-order valence-electron chi connectivity index (χ2n) is 7.43. The van der Waals surface area contributed by atoms with E-state index in [2.05, 4.69) is 10.3 Å². The number of aromatic nitrogens is 2. The van der Waals surface area contributed by atoms with Crippen molar-refractivity contribution in [3.8, 4) is 5.69 Å². The van der Waals surface area contributed by atoms with E-state index in [4.69, 9.17) is 9.47 Å². The van der Waals surface area contributed by atoms with Crippen LogP contribution in [0.4, 0.5) is 10.1 Å². The molecule has 1 amide bonds. The van der Waals surface area contributed by atoms with Crippen LogP contribution in [0.15, 0.2) is 66.7 Å². The van der Waals surface area contributed by atoms with Gasteiger partial charge < -0.3 is 14.8 Å². The average Bonchev–Trinajstić information content (AvgIpc) is 3.07. The van der Waals surface area contributed by atoms with Crippen LogP contribution < -0.4 is 5.32 Å². The number of hydrogen-bond acceptors (Lipinski definition) is 4. The third kappa shape index (κ3) is 3.69. The summed E-state index contributed by atoms with van der Waals surface area (Å²) >= 11 is 0. The highest BCUT2D eigenvalue weighted by Gasteiger charge is 2.28. The Morgan fingerprint density at radius 3 is 2.58 bits per heavy atom. The molecule has 4 aromatic rings. The minimum atomic E-state index is -0.406. The molecule has 0 unspecified atom stereocenters.